The highest BCUT2D eigenvalue weighted by atomic mass is 79.9. The van der Waals surface area contributed by atoms with E-state index in [2.05, 4.69) is 42.0 Å². The molecule has 190 valence electrons. The average molecular weight is 581 g/mol. The lowest BCUT2D eigenvalue weighted by Gasteiger charge is -2.09. The van der Waals surface area contributed by atoms with Gasteiger partial charge in [-0.25, -0.2) is 10.1 Å². The van der Waals surface area contributed by atoms with Crippen LogP contribution in [0.4, 0.5) is 11.6 Å². The molecule has 0 aliphatic heterocycles. The number of nitrogens with zero attached hydrogens (tertiary/aromatic N) is 4. The van der Waals surface area contributed by atoms with Crippen LogP contribution in [0.1, 0.15) is 22.3 Å². The molecule has 4 rings (SSSR count). The maximum absolute atomic E-state index is 12.3. The van der Waals surface area contributed by atoms with Gasteiger partial charge in [-0.1, -0.05) is 58.0 Å². The number of rotatable bonds is 10. The van der Waals surface area contributed by atoms with E-state index in [0.29, 0.717) is 17.5 Å². The fourth-order valence-corrected chi connectivity index (χ4v) is 4.37. The Labute approximate surface area is 227 Å². The lowest BCUT2D eigenvalue weighted by molar-refractivity contribution is -0.113. The number of halogens is 1. The van der Waals surface area contributed by atoms with E-state index in [1.54, 1.807) is 6.21 Å². The number of hydrogen-bond acceptors (Lipinski definition) is 8. The largest absolute Gasteiger partial charge is 0.488 e. The van der Waals surface area contributed by atoms with Crippen LogP contribution in [-0.2, 0) is 11.4 Å². The molecule has 0 fully saturated rings. The molecule has 37 heavy (non-hydrogen) atoms. The van der Waals surface area contributed by atoms with Crippen LogP contribution in [0, 0.1) is 13.8 Å². The van der Waals surface area contributed by atoms with Crippen molar-refractivity contribution >= 4 is 51.4 Å². The minimum absolute atomic E-state index is 0.133. The number of aromatic nitrogens is 3. The number of hydrogen-bond donors (Lipinski definition) is 3. The van der Waals surface area contributed by atoms with Gasteiger partial charge in [-0.2, -0.15) is 5.10 Å². The molecular formula is C26H26BrN7O2S. The van der Waals surface area contributed by atoms with Gasteiger partial charge in [-0.3, -0.25) is 4.79 Å². The molecule has 0 atom stereocenters. The minimum atomic E-state index is -0.164. The zero-order valence-corrected chi connectivity index (χ0v) is 22.7. The predicted molar refractivity (Wildman–Crippen MR) is 152 cm³/mol. The van der Waals surface area contributed by atoms with Crippen LogP contribution >= 0.6 is 27.7 Å². The van der Waals surface area contributed by atoms with Crippen molar-refractivity contribution in [3.63, 3.8) is 0 Å². The number of para-hydroxylation sites is 1. The van der Waals surface area contributed by atoms with Gasteiger partial charge in [0.1, 0.15) is 12.4 Å². The number of nitrogens with two attached hydrogens (primary N) is 1. The summed E-state index contributed by atoms with van der Waals surface area (Å²) in [4.78, 5) is 12.3. The van der Waals surface area contributed by atoms with E-state index in [-0.39, 0.29) is 17.6 Å². The molecule has 4 aromatic rings. The van der Waals surface area contributed by atoms with E-state index < -0.39 is 0 Å². The fraction of sp³-hybridized carbons (Fsp3) is 0.154. The third kappa shape index (κ3) is 7.34. The van der Waals surface area contributed by atoms with Gasteiger partial charge in [0.15, 0.2) is 0 Å². The zero-order valence-electron chi connectivity index (χ0n) is 20.3. The molecule has 0 radical (unpaired) electrons. The quantitative estimate of drug-likeness (QED) is 0.103. The van der Waals surface area contributed by atoms with E-state index in [9.17, 15) is 4.79 Å². The number of nitrogens with one attached hydrogen (secondary N) is 2. The summed E-state index contributed by atoms with van der Waals surface area (Å²) in [6.45, 7) is 4.45. The number of aryl methyl sites for hydroxylation is 2. The molecule has 9 nitrogen and oxygen atoms in total. The number of carbonyl (C=O) groups is 1. The number of thioether (sulfide) groups is 1. The van der Waals surface area contributed by atoms with Gasteiger partial charge in [0.25, 0.3) is 5.95 Å². The molecular weight excluding hydrogens is 554 g/mol. The average Bonchev–Trinajstić information content (AvgIpc) is 3.23. The zero-order chi connectivity index (χ0) is 26.2. The molecule has 11 heteroatoms. The van der Waals surface area contributed by atoms with Crippen molar-refractivity contribution < 1.29 is 9.53 Å². The first-order valence-electron chi connectivity index (χ1n) is 11.3. The van der Waals surface area contributed by atoms with E-state index in [4.69, 9.17) is 10.6 Å². The SMILES string of the molecule is Cc1ccc(NC(=O)CSc2nnc(N/N=C/c3ccccc3OCc3cccc(Br)c3)n2N)cc1C. The molecule has 0 bridgehead atoms. The van der Waals surface area contributed by atoms with Gasteiger partial charge >= 0.3 is 0 Å². The second-order valence-electron chi connectivity index (χ2n) is 8.14. The third-order valence-corrected chi connectivity index (χ3v) is 6.79. The third-order valence-electron chi connectivity index (χ3n) is 5.36. The van der Waals surface area contributed by atoms with Crippen molar-refractivity contribution in [2.75, 3.05) is 22.3 Å². The van der Waals surface area contributed by atoms with Gasteiger partial charge in [0.05, 0.1) is 12.0 Å². The maximum Gasteiger partial charge on any atom is 0.264 e. The minimum Gasteiger partial charge on any atom is -0.488 e. The molecule has 1 heterocycles. The summed E-state index contributed by atoms with van der Waals surface area (Å²) in [6.07, 6.45) is 1.62. The molecule has 0 saturated carbocycles. The number of amides is 1. The summed E-state index contributed by atoms with van der Waals surface area (Å²) in [5.74, 6) is 6.98. The lowest BCUT2D eigenvalue weighted by atomic mass is 10.1. The Morgan fingerprint density at radius 2 is 1.95 bits per heavy atom. The fourth-order valence-electron chi connectivity index (χ4n) is 3.26. The first kappa shape index (κ1) is 26.2. The Morgan fingerprint density at radius 1 is 1.11 bits per heavy atom. The first-order chi connectivity index (χ1) is 17.9. The summed E-state index contributed by atoms with van der Waals surface area (Å²) in [7, 11) is 0. The van der Waals surface area contributed by atoms with Crippen molar-refractivity contribution in [2.45, 2.75) is 25.6 Å². The van der Waals surface area contributed by atoms with Gasteiger partial charge in [-0.15, -0.1) is 10.2 Å². The number of ether oxygens (including phenoxy) is 1. The highest BCUT2D eigenvalue weighted by molar-refractivity contribution is 9.10. The summed E-state index contributed by atoms with van der Waals surface area (Å²) in [6, 6.07) is 21.3. The normalized spacial score (nSPS) is 11.0. The summed E-state index contributed by atoms with van der Waals surface area (Å²) >= 11 is 4.65. The summed E-state index contributed by atoms with van der Waals surface area (Å²) < 4.78 is 8.23. The van der Waals surface area contributed by atoms with Gasteiger partial charge in [0, 0.05) is 15.7 Å². The van der Waals surface area contributed by atoms with Crippen LogP contribution < -0.4 is 21.3 Å². The Morgan fingerprint density at radius 3 is 2.76 bits per heavy atom. The van der Waals surface area contributed by atoms with Gasteiger partial charge < -0.3 is 15.9 Å². The lowest BCUT2D eigenvalue weighted by Crippen LogP contribution is -2.17. The molecule has 4 N–H and O–H groups in total. The molecule has 0 unspecified atom stereocenters. The Kier molecular flexibility index (Phi) is 8.81. The molecule has 0 spiro atoms. The maximum atomic E-state index is 12.3. The Hall–Kier alpha value is -3.83. The van der Waals surface area contributed by atoms with E-state index in [1.807, 2.05) is 80.6 Å². The topological polar surface area (TPSA) is 119 Å². The highest BCUT2D eigenvalue weighted by Crippen LogP contribution is 2.21. The Balaban J connectivity index is 1.31. The Bertz CT molecular complexity index is 1420. The van der Waals surface area contributed by atoms with Crippen LogP contribution in [0.25, 0.3) is 0 Å². The summed E-state index contributed by atoms with van der Waals surface area (Å²) in [5.41, 5.74) is 7.65. The molecule has 1 amide bonds. The number of benzene rings is 3. The van der Waals surface area contributed by atoms with E-state index in [0.717, 1.165) is 26.9 Å². The predicted octanol–water partition coefficient (Wildman–Crippen LogP) is 5.13. The first-order valence-corrected chi connectivity index (χ1v) is 13.1. The van der Waals surface area contributed by atoms with Crippen LogP contribution in [0.15, 0.2) is 81.5 Å². The molecule has 0 saturated heterocycles. The molecule has 0 aliphatic rings. The van der Waals surface area contributed by atoms with Gasteiger partial charge in [-0.05, 0) is 66.9 Å². The second-order valence-corrected chi connectivity index (χ2v) is 10.00. The number of hydrazone groups is 1. The smallest absolute Gasteiger partial charge is 0.264 e. The van der Waals surface area contributed by atoms with Crippen molar-refractivity contribution in [1.82, 2.24) is 14.9 Å². The van der Waals surface area contributed by atoms with E-state index >= 15 is 0 Å². The summed E-state index contributed by atoms with van der Waals surface area (Å²) in [5, 5.41) is 15.5. The van der Waals surface area contributed by atoms with Crippen LogP contribution in [0.3, 0.4) is 0 Å². The highest BCUT2D eigenvalue weighted by Gasteiger charge is 2.12. The van der Waals surface area contributed by atoms with Gasteiger partial charge in [0.2, 0.25) is 11.1 Å². The molecule has 0 aliphatic carbocycles. The van der Waals surface area contributed by atoms with Crippen LogP contribution in [0.2, 0.25) is 0 Å². The number of nitrogen functional groups attached to an aromatic ring is 1. The van der Waals surface area contributed by atoms with Crippen molar-refractivity contribution in [2.24, 2.45) is 5.10 Å². The number of anilines is 2. The van der Waals surface area contributed by atoms with Crippen LogP contribution in [0.5, 0.6) is 5.75 Å². The number of carbonyl (C=O) groups excluding carboxylic acids is 1. The monoisotopic (exact) mass is 579 g/mol. The second kappa shape index (κ2) is 12.4. The standard InChI is InChI=1S/C26H26BrN7O2S/c1-17-10-11-22(12-18(17)2)30-24(35)16-37-26-33-32-25(34(26)28)31-29-14-20-7-3-4-9-23(20)36-15-19-6-5-8-21(27)13-19/h3-14H,15-16,28H2,1-2H3,(H,30,35)(H,31,32)/b29-14+. The van der Waals surface area contributed by atoms with Crippen molar-refractivity contribution in [3.8, 4) is 5.75 Å². The van der Waals surface area contributed by atoms with Crippen molar-refractivity contribution in [3.05, 3.63) is 93.5 Å². The van der Waals surface area contributed by atoms with E-state index in [1.165, 1.54) is 22.0 Å². The van der Waals surface area contributed by atoms with Crippen molar-refractivity contribution in [1.29, 1.82) is 0 Å². The van der Waals surface area contributed by atoms with Crippen LogP contribution in [-0.4, -0.2) is 32.7 Å². The molecule has 3 aromatic carbocycles. The molecule has 1 aromatic heterocycles.